The minimum absolute atomic E-state index is 0.0761. The summed E-state index contributed by atoms with van der Waals surface area (Å²) in [5.41, 5.74) is 0. The summed E-state index contributed by atoms with van der Waals surface area (Å²) in [6, 6.07) is -1.63. The van der Waals surface area contributed by atoms with Crippen LogP contribution in [0, 0.1) is 5.92 Å². The van der Waals surface area contributed by atoms with Gasteiger partial charge in [0.25, 0.3) is 10.2 Å². The lowest BCUT2D eigenvalue weighted by Crippen LogP contribution is -2.55. The largest absolute Gasteiger partial charge is 0.480 e. The van der Waals surface area contributed by atoms with Crippen LogP contribution in [0.3, 0.4) is 0 Å². The van der Waals surface area contributed by atoms with Crippen molar-refractivity contribution in [1.29, 1.82) is 0 Å². The van der Waals surface area contributed by atoms with E-state index in [4.69, 9.17) is 5.11 Å². The van der Waals surface area contributed by atoms with Crippen molar-refractivity contribution in [3.8, 4) is 0 Å². The Morgan fingerprint density at radius 2 is 2.05 bits per heavy atom. The summed E-state index contributed by atoms with van der Waals surface area (Å²) in [5, 5.41) is 18.3. The highest BCUT2D eigenvalue weighted by Crippen LogP contribution is 2.20. The highest BCUT2D eigenvalue weighted by Gasteiger charge is 2.37. The molecular weight excluding hydrogens is 272 g/mol. The van der Waals surface area contributed by atoms with Gasteiger partial charge in [0, 0.05) is 12.6 Å². The number of aliphatic hydroxyl groups excluding tert-OH is 1. The Bertz CT molecular complexity index is 409. The predicted octanol–water partition coefficient (Wildman–Crippen LogP) is -0.223. The van der Waals surface area contributed by atoms with Crippen LogP contribution < -0.4 is 4.72 Å². The maximum absolute atomic E-state index is 12.2. The van der Waals surface area contributed by atoms with Crippen LogP contribution in [0.5, 0.6) is 0 Å². The van der Waals surface area contributed by atoms with Gasteiger partial charge >= 0.3 is 5.97 Å². The van der Waals surface area contributed by atoms with Crippen molar-refractivity contribution in [3.05, 3.63) is 0 Å². The Kier molecular flexibility index (Phi) is 5.72. The van der Waals surface area contributed by atoms with Gasteiger partial charge in [-0.05, 0) is 25.2 Å². The maximum Gasteiger partial charge on any atom is 0.322 e. The molecule has 0 aromatic carbocycles. The summed E-state index contributed by atoms with van der Waals surface area (Å²) in [4.78, 5) is 11.1. The van der Waals surface area contributed by atoms with Crippen LogP contribution in [-0.2, 0) is 15.0 Å². The molecule has 0 saturated carbocycles. The fourth-order valence-electron chi connectivity index (χ4n) is 2.08. The van der Waals surface area contributed by atoms with Gasteiger partial charge in [-0.2, -0.15) is 17.4 Å². The van der Waals surface area contributed by atoms with Gasteiger partial charge in [0.1, 0.15) is 6.04 Å². The van der Waals surface area contributed by atoms with E-state index < -0.39 is 28.3 Å². The Hall–Kier alpha value is -0.700. The molecule has 1 heterocycles. The molecule has 3 N–H and O–H groups in total. The summed E-state index contributed by atoms with van der Waals surface area (Å²) in [6.45, 7) is 3.45. The monoisotopic (exact) mass is 294 g/mol. The molecule has 0 bridgehead atoms. The van der Waals surface area contributed by atoms with Crippen LogP contribution in [0.15, 0.2) is 0 Å². The zero-order valence-electron chi connectivity index (χ0n) is 11.2. The molecule has 112 valence electrons. The average Bonchev–Trinajstić information content (AvgIpc) is 2.35. The van der Waals surface area contributed by atoms with Gasteiger partial charge in [0.15, 0.2) is 0 Å². The number of aliphatic carboxylic acids is 1. The molecule has 1 saturated heterocycles. The summed E-state index contributed by atoms with van der Waals surface area (Å²) >= 11 is 0. The minimum atomic E-state index is -3.89. The van der Waals surface area contributed by atoms with E-state index in [1.54, 1.807) is 13.8 Å². The lowest BCUT2D eigenvalue weighted by atomic mass is 10.1. The molecule has 0 aromatic heterocycles. The second-order valence-corrected chi connectivity index (χ2v) is 6.77. The van der Waals surface area contributed by atoms with Crippen LogP contribution in [0.1, 0.15) is 33.1 Å². The highest BCUT2D eigenvalue weighted by molar-refractivity contribution is 7.87. The summed E-state index contributed by atoms with van der Waals surface area (Å²) in [5.74, 6) is -1.21. The normalized spacial score (nSPS) is 23.5. The summed E-state index contributed by atoms with van der Waals surface area (Å²) in [6.07, 6.45) is 1.68. The Morgan fingerprint density at radius 1 is 1.42 bits per heavy atom. The average molecular weight is 294 g/mol. The standard InChI is InChI=1S/C11H22N2O5S/c1-8(2)9(7-14)12-19(17,18)13-6-4-3-5-10(13)11(15)16/h8-10,12,14H,3-7H2,1-2H3,(H,15,16)/t9-,10?/m1/s1. The van der Waals surface area contributed by atoms with Gasteiger partial charge in [-0.25, -0.2) is 0 Å². The zero-order chi connectivity index (χ0) is 14.6. The van der Waals surface area contributed by atoms with Crippen LogP contribution in [0.25, 0.3) is 0 Å². The second-order valence-electron chi connectivity index (χ2n) is 5.12. The molecule has 0 spiro atoms. The first-order valence-corrected chi connectivity index (χ1v) is 7.86. The predicted molar refractivity (Wildman–Crippen MR) is 69.7 cm³/mol. The number of aliphatic hydroxyl groups is 1. The molecule has 1 rings (SSSR count). The smallest absolute Gasteiger partial charge is 0.322 e. The Balaban J connectivity index is 2.87. The number of nitrogens with zero attached hydrogens (tertiary/aromatic N) is 1. The lowest BCUT2D eigenvalue weighted by molar-refractivity contribution is -0.142. The molecule has 1 fully saturated rings. The van der Waals surface area contributed by atoms with Gasteiger partial charge in [0.2, 0.25) is 0 Å². The lowest BCUT2D eigenvalue weighted by Gasteiger charge is -2.33. The Morgan fingerprint density at radius 3 is 2.53 bits per heavy atom. The number of piperidine rings is 1. The minimum Gasteiger partial charge on any atom is -0.480 e. The van der Waals surface area contributed by atoms with E-state index in [0.29, 0.717) is 19.3 Å². The molecule has 1 unspecified atom stereocenters. The van der Waals surface area contributed by atoms with Crippen LogP contribution in [-0.4, -0.2) is 54.1 Å². The van der Waals surface area contributed by atoms with Gasteiger partial charge in [-0.15, -0.1) is 0 Å². The van der Waals surface area contributed by atoms with Gasteiger partial charge in [-0.3, -0.25) is 4.79 Å². The van der Waals surface area contributed by atoms with E-state index in [-0.39, 0.29) is 19.1 Å². The van der Waals surface area contributed by atoms with E-state index in [2.05, 4.69) is 4.72 Å². The maximum atomic E-state index is 12.2. The fourth-order valence-corrected chi connectivity index (χ4v) is 3.85. The molecule has 0 amide bonds. The van der Waals surface area contributed by atoms with E-state index in [0.717, 1.165) is 4.31 Å². The molecule has 1 aliphatic heterocycles. The third kappa shape index (κ3) is 4.13. The highest BCUT2D eigenvalue weighted by atomic mass is 32.2. The van der Waals surface area contributed by atoms with E-state index in [1.807, 2.05) is 0 Å². The van der Waals surface area contributed by atoms with E-state index in [9.17, 15) is 18.3 Å². The quantitative estimate of drug-likeness (QED) is 0.627. The molecule has 8 heteroatoms. The number of nitrogens with one attached hydrogen (secondary N) is 1. The first-order chi connectivity index (χ1) is 8.79. The first kappa shape index (κ1) is 16.4. The number of carboxylic acid groups (broad SMARTS) is 1. The molecule has 0 aromatic rings. The molecule has 0 aliphatic carbocycles. The van der Waals surface area contributed by atoms with Gasteiger partial charge in [-0.1, -0.05) is 13.8 Å². The second kappa shape index (κ2) is 6.65. The molecule has 1 aliphatic rings. The molecular formula is C11H22N2O5S. The number of carbonyl (C=O) groups is 1. The summed E-state index contributed by atoms with van der Waals surface area (Å²) in [7, 11) is -3.89. The third-order valence-electron chi connectivity index (χ3n) is 3.35. The van der Waals surface area contributed by atoms with Crippen LogP contribution in [0.4, 0.5) is 0 Å². The number of carboxylic acids is 1. The zero-order valence-corrected chi connectivity index (χ0v) is 12.1. The number of rotatable bonds is 6. The number of hydrogen-bond acceptors (Lipinski definition) is 4. The van der Waals surface area contributed by atoms with Crippen molar-refractivity contribution in [1.82, 2.24) is 9.03 Å². The van der Waals surface area contributed by atoms with Gasteiger partial charge in [0.05, 0.1) is 6.61 Å². The SMILES string of the molecule is CC(C)[C@@H](CO)NS(=O)(=O)N1CCCCC1C(=O)O. The Labute approximate surface area is 113 Å². The van der Waals surface area contributed by atoms with Crippen molar-refractivity contribution in [2.75, 3.05) is 13.2 Å². The topological polar surface area (TPSA) is 107 Å². The van der Waals surface area contributed by atoms with E-state index >= 15 is 0 Å². The molecule has 7 nitrogen and oxygen atoms in total. The van der Waals surface area contributed by atoms with Crippen molar-refractivity contribution in [2.45, 2.75) is 45.2 Å². The van der Waals surface area contributed by atoms with Crippen molar-refractivity contribution >= 4 is 16.2 Å². The first-order valence-electron chi connectivity index (χ1n) is 6.42. The third-order valence-corrected chi connectivity index (χ3v) is 5.00. The van der Waals surface area contributed by atoms with Crippen LogP contribution >= 0.6 is 0 Å². The van der Waals surface area contributed by atoms with Crippen molar-refractivity contribution in [2.24, 2.45) is 5.92 Å². The molecule has 19 heavy (non-hydrogen) atoms. The fraction of sp³-hybridized carbons (Fsp3) is 0.909. The summed E-state index contributed by atoms with van der Waals surface area (Å²) < 4.78 is 27.8. The molecule has 2 atom stereocenters. The molecule has 0 radical (unpaired) electrons. The van der Waals surface area contributed by atoms with E-state index in [1.165, 1.54) is 0 Å². The van der Waals surface area contributed by atoms with Gasteiger partial charge < -0.3 is 10.2 Å². The van der Waals surface area contributed by atoms with Crippen LogP contribution in [0.2, 0.25) is 0 Å². The van der Waals surface area contributed by atoms with Crippen molar-refractivity contribution in [3.63, 3.8) is 0 Å². The van der Waals surface area contributed by atoms with Crippen molar-refractivity contribution < 1.29 is 23.4 Å². The number of hydrogen-bond donors (Lipinski definition) is 3.